The quantitative estimate of drug-likeness (QED) is 0.631. The van der Waals surface area contributed by atoms with Crippen molar-refractivity contribution < 1.29 is 14.3 Å². The molecule has 0 spiro atoms. The van der Waals surface area contributed by atoms with Crippen molar-refractivity contribution in [2.45, 2.75) is 6.42 Å². The van der Waals surface area contributed by atoms with Crippen molar-refractivity contribution in [1.29, 1.82) is 0 Å². The summed E-state index contributed by atoms with van der Waals surface area (Å²) >= 11 is 0. The van der Waals surface area contributed by atoms with E-state index in [9.17, 15) is 9.18 Å². The molecule has 3 N–H and O–H groups in total. The van der Waals surface area contributed by atoms with Crippen molar-refractivity contribution in [1.82, 2.24) is 4.98 Å². The van der Waals surface area contributed by atoms with Gasteiger partial charge in [0.1, 0.15) is 5.82 Å². The van der Waals surface area contributed by atoms with Gasteiger partial charge in [-0.1, -0.05) is 0 Å². The van der Waals surface area contributed by atoms with E-state index in [0.29, 0.717) is 5.56 Å². The third-order valence-corrected chi connectivity index (χ3v) is 1.23. The number of rotatable bonds is 2. The van der Waals surface area contributed by atoms with E-state index in [1.807, 2.05) is 0 Å². The maximum atomic E-state index is 12.5. The first-order valence-corrected chi connectivity index (χ1v) is 3.21. The van der Waals surface area contributed by atoms with Crippen LogP contribution < -0.4 is 5.73 Å². The molecule has 0 aromatic carbocycles. The number of aromatic nitrogens is 1. The van der Waals surface area contributed by atoms with Crippen LogP contribution in [0.5, 0.6) is 0 Å². The number of carboxylic acids is 1. The van der Waals surface area contributed by atoms with E-state index in [2.05, 4.69) is 4.98 Å². The van der Waals surface area contributed by atoms with Gasteiger partial charge < -0.3 is 10.8 Å². The molecule has 12 heavy (non-hydrogen) atoms. The fourth-order valence-corrected chi connectivity index (χ4v) is 0.849. The number of pyridine rings is 1. The zero-order valence-electron chi connectivity index (χ0n) is 6.12. The predicted octanol–water partition coefficient (Wildman–Crippen LogP) is 0.430. The topological polar surface area (TPSA) is 76.2 Å². The van der Waals surface area contributed by atoms with Crippen molar-refractivity contribution in [3.63, 3.8) is 0 Å². The second-order valence-corrected chi connectivity index (χ2v) is 2.29. The largest absolute Gasteiger partial charge is 0.481 e. The van der Waals surface area contributed by atoms with Gasteiger partial charge in [0.15, 0.2) is 0 Å². The third kappa shape index (κ3) is 2.19. The zero-order chi connectivity index (χ0) is 9.14. The number of hydrogen-bond acceptors (Lipinski definition) is 3. The Morgan fingerprint density at radius 2 is 2.33 bits per heavy atom. The van der Waals surface area contributed by atoms with Crippen molar-refractivity contribution in [2.24, 2.45) is 0 Å². The molecular weight excluding hydrogens is 163 g/mol. The molecule has 0 saturated heterocycles. The predicted molar refractivity (Wildman–Crippen MR) is 39.9 cm³/mol. The van der Waals surface area contributed by atoms with E-state index in [1.165, 1.54) is 6.07 Å². The maximum absolute atomic E-state index is 12.5. The molecule has 4 nitrogen and oxygen atoms in total. The molecule has 0 unspecified atom stereocenters. The number of anilines is 1. The lowest BCUT2D eigenvalue weighted by Gasteiger charge is -1.98. The molecule has 5 heteroatoms. The second-order valence-electron chi connectivity index (χ2n) is 2.29. The Morgan fingerprint density at radius 3 is 2.83 bits per heavy atom. The molecule has 1 heterocycles. The first kappa shape index (κ1) is 8.45. The van der Waals surface area contributed by atoms with Crippen LogP contribution in [-0.4, -0.2) is 16.1 Å². The fraction of sp³-hybridized carbons (Fsp3) is 0.143. The van der Waals surface area contributed by atoms with Gasteiger partial charge in [0.2, 0.25) is 5.95 Å². The average Bonchev–Trinajstić information content (AvgIpc) is 1.81. The zero-order valence-corrected chi connectivity index (χ0v) is 6.12. The Bertz CT molecular complexity index is 294. The van der Waals surface area contributed by atoms with Gasteiger partial charge in [-0.05, 0) is 17.7 Å². The minimum atomic E-state index is -1.03. The Hall–Kier alpha value is -1.65. The normalized spacial score (nSPS) is 9.75. The molecule has 0 aliphatic rings. The highest BCUT2D eigenvalue weighted by molar-refractivity contribution is 5.70. The smallest absolute Gasteiger partial charge is 0.307 e. The van der Waals surface area contributed by atoms with Gasteiger partial charge in [-0.3, -0.25) is 4.79 Å². The van der Waals surface area contributed by atoms with Crippen LogP contribution in [0.25, 0.3) is 0 Å². The van der Waals surface area contributed by atoms with Gasteiger partial charge in [0, 0.05) is 0 Å². The molecule has 0 amide bonds. The number of halogens is 1. The van der Waals surface area contributed by atoms with E-state index in [4.69, 9.17) is 10.8 Å². The van der Waals surface area contributed by atoms with Gasteiger partial charge >= 0.3 is 5.97 Å². The summed E-state index contributed by atoms with van der Waals surface area (Å²) in [4.78, 5) is 13.5. The number of carbonyl (C=O) groups is 1. The summed E-state index contributed by atoms with van der Waals surface area (Å²) in [6.45, 7) is 0. The van der Waals surface area contributed by atoms with E-state index in [-0.39, 0.29) is 12.2 Å². The van der Waals surface area contributed by atoms with Crippen LogP contribution in [0.2, 0.25) is 0 Å². The van der Waals surface area contributed by atoms with Crippen molar-refractivity contribution in [3.8, 4) is 0 Å². The molecule has 0 aliphatic carbocycles. The SMILES string of the molecule is Nc1cc(CC(=O)O)cc(F)n1. The van der Waals surface area contributed by atoms with Crippen LogP contribution in [-0.2, 0) is 11.2 Å². The number of aliphatic carboxylic acids is 1. The van der Waals surface area contributed by atoms with E-state index >= 15 is 0 Å². The summed E-state index contributed by atoms with van der Waals surface area (Å²) < 4.78 is 12.5. The van der Waals surface area contributed by atoms with Crippen LogP contribution in [0.4, 0.5) is 10.2 Å². The Labute approximate surface area is 67.8 Å². The molecule has 64 valence electrons. The third-order valence-electron chi connectivity index (χ3n) is 1.23. The molecule has 0 bridgehead atoms. The Kier molecular flexibility index (Phi) is 2.23. The molecule has 0 radical (unpaired) electrons. The lowest BCUT2D eigenvalue weighted by molar-refractivity contribution is -0.136. The van der Waals surface area contributed by atoms with Crippen molar-refractivity contribution in [2.75, 3.05) is 5.73 Å². The number of nitrogens with two attached hydrogens (primary N) is 1. The molecule has 0 aliphatic heterocycles. The van der Waals surface area contributed by atoms with Crippen LogP contribution in [0.15, 0.2) is 12.1 Å². The summed E-state index contributed by atoms with van der Waals surface area (Å²) in [5.74, 6) is -1.79. The Morgan fingerprint density at radius 1 is 1.67 bits per heavy atom. The fourth-order valence-electron chi connectivity index (χ4n) is 0.849. The number of hydrogen-bond donors (Lipinski definition) is 2. The van der Waals surface area contributed by atoms with Crippen molar-refractivity contribution >= 4 is 11.8 Å². The first-order valence-electron chi connectivity index (χ1n) is 3.21. The molecular formula is C7H7FN2O2. The van der Waals surface area contributed by atoms with E-state index in [1.54, 1.807) is 0 Å². The summed E-state index contributed by atoms with van der Waals surface area (Å²) in [6.07, 6.45) is -0.246. The van der Waals surface area contributed by atoms with Gasteiger partial charge in [-0.2, -0.15) is 4.39 Å². The molecule has 0 atom stereocenters. The molecule has 1 aromatic rings. The highest BCUT2D eigenvalue weighted by Crippen LogP contribution is 2.06. The minimum Gasteiger partial charge on any atom is -0.481 e. The van der Waals surface area contributed by atoms with E-state index < -0.39 is 11.9 Å². The molecule has 0 saturated carbocycles. The van der Waals surface area contributed by atoms with E-state index in [0.717, 1.165) is 6.07 Å². The lowest BCUT2D eigenvalue weighted by Crippen LogP contribution is -2.03. The summed E-state index contributed by atoms with van der Waals surface area (Å²) in [5, 5.41) is 8.37. The van der Waals surface area contributed by atoms with Crippen LogP contribution in [0, 0.1) is 5.95 Å². The van der Waals surface area contributed by atoms with Gasteiger partial charge in [0.05, 0.1) is 6.42 Å². The number of nitrogens with zero attached hydrogens (tertiary/aromatic N) is 1. The monoisotopic (exact) mass is 170 g/mol. The van der Waals surface area contributed by atoms with Gasteiger partial charge in [-0.25, -0.2) is 4.98 Å². The Balaban J connectivity index is 2.93. The highest BCUT2D eigenvalue weighted by Gasteiger charge is 2.03. The summed E-state index contributed by atoms with van der Waals surface area (Å²) in [7, 11) is 0. The van der Waals surface area contributed by atoms with Crippen LogP contribution >= 0.6 is 0 Å². The number of nitrogen functional groups attached to an aromatic ring is 1. The van der Waals surface area contributed by atoms with Crippen molar-refractivity contribution in [3.05, 3.63) is 23.6 Å². The lowest BCUT2D eigenvalue weighted by atomic mass is 10.2. The van der Waals surface area contributed by atoms with Gasteiger partial charge in [0.25, 0.3) is 0 Å². The second kappa shape index (κ2) is 3.17. The summed E-state index contributed by atoms with van der Waals surface area (Å²) in [6, 6.07) is 2.38. The minimum absolute atomic E-state index is 0.00810. The average molecular weight is 170 g/mol. The first-order chi connectivity index (χ1) is 5.58. The molecule has 0 fully saturated rings. The summed E-state index contributed by atoms with van der Waals surface area (Å²) in [5.41, 5.74) is 5.50. The maximum Gasteiger partial charge on any atom is 0.307 e. The standard InChI is InChI=1S/C7H7FN2O2/c8-5-1-4(3-7(11)12)2-6(9)10-5/h1-2H,3H2,(H2,9,10)(H,11,12). The van der Waals surface area contributed by atoms with Crippen LogP contribution in [0.1, 0.15) is 5.56 Å². The highest BCUT2D eigenvalue weighted by atomic mass is 19.1. The van der Waals surface area contributed by atoms with Gasteiger partial charge in [-0.15, -0.1) is 0 Å². The molecule has 1 rings (SSSR count). The number of carboxylic acid groups (broad SMARTS) is 1. The van der Waals surface area contributed by atoms with Crippen LogP contribution in [0.3, 0.4) is 0 Å². The molecule has 1 aromatic heterocycles.